The van der Waals surface area contributed by atoms with Crippen molar-refractivity contribution in [2.24, 2.45) is 5.73 Å². The van der Waals surface area contributed by atoms with Crippen molar-refractivity contribution in [3.05, 3.63) is 35.1 Å². The Labute approximate surface area is 94.8 Å². The lowest BCUT2D eigenvalue weighted by molar-refractivity contribution is -0.117. The van der Waals surface area contributed by atoms with Gasteiger partial charge in [0.15, 0.2) is 0 Å². The second kappa shape index (κ2) is 5.61. The SMILES string of the molecule is CC(C)c1cc(F)cc(CNCC(N)=O)c1. The largest absolute Gasteiger partial charge is 0.369 e. The zero-order valence-electron chi connectivity index (χ0n) is 9.59. The lowest BCUT2D eigenvalue weighted by Gasteiger charge is -2.09. The summed E-state index contributed by atoms with van der Waals surface area (Å²) in [7, 11) is 0. The van der Waals surface area contributed by atoms with Crippen molar-refractivity contribution in [1.29, 1.82) is 0 Å². The molecule has 0 atom stereocenters. The smallest absolute Gasteiger partial charge is 0.231 e. The molecule has 1 amide bonds. The molecule has 1 aromatic carbocycles. The number of hydrogen-bond donors (Lipinski definition) is 2. The summed E-state index contributed by atoms with van der Waals surface area (Å²) in [4.78, 5) is 10.5. The molecule has 0 unspecified atom stereocenters. The molecule has 1 aromatic rings. The summed E-state index contributed by atoms with van der Waals surface area (Å²) in [5, 5.41) is 2.85. The molecule has 0 heterocycles. The number of nitrogens with two attached hydrogens (primary N) is 1. The van der Waals surface area contributed by atoms with Gasteiger partial charge in [-0.05, 0) is 29.2 Å². The molecule has 0 radical (unpaired) electrons. The number of hydrogen-bond acceptors (Lipinski definition) is 2. The summed E-state index contributed by atoms with van der Waals surface area (Å²) in [6.45, 7) is 4.57. The van der Waals surface area contributed by atoms with Crippen LogP contribution in [0.1, 0.15) is 30.9 Å². The van der Waals surface area contributed by atoms with E-state index in [1.165, 1.54) is 12.1 Å². The van der Waals surface area contributed by atoms with Crippen LogP contribution in [-0.4, -0.2) is 12.5 Å². The van der Waals surface area contributed by atoms with Gasteiger partial charge in [-0.1, -0.05) is 19.9 Å². The second-order valence-corrected chi connectivity index (χ2v) is 4.12. The summed E-state index contributed by atoms with van der Waals surface area (Å²) >= 11 is 0. The average molecular weight is 224 g/mol. The van der Waals surface area contributed by atoms with Crippen molar-refractivity contribution in [3.8, 4) is 0 Å². The third kappa shape index (κ3) is 3.98. The first-order chi connectivity index (χ1) is 7.49. The molecule has 0 aliphatic rings. The third-order valence-corrected chi connectivity index (χ3v) is 2.27. The van der Waals surface area contributed by atoms with Crippen molar-refractivity contribution in [3.63, 3.8) is 0 Å². The second-order valence-electron chi connectivity index (χ2n) is 4.12. The molecule has 0 aliphatic carbocycles. The molecule has 16 heavy (non-hydrogen) atoms. The average Bonchev–Trinajstić information content (AvgIpc) is 2.16. The van der Waals surface area contributed by atoms with Gasteiger partial charge in [-0.25, -0.2) is 4.39 Å². The van der Waals surface area contributed by atoms with Crippen molar-refractivity contribution >= 4 is 5.91 Å². The molecule has 0 saturated carbocycles. The molecule has 0 spiro atoms. The van der Waals surface area contributed by atoms with Gasteiger partial charge in [0.1, 0.15) is 5.82 Å². The summed E-state index contributed by atoms with van der Waals surface area (Å²) < 4.78 is 13.3. The van der Waals surface area contributed by atoms with Crippen molar-refractivity contribution < 1.29 is 9.18 Å². The highest BCUT2D eigenvalue weighted by atomic mass is 19.1. The lowest BCUT2D eigenvalue weighted by atomic mass is 10.0. The van der Waals surface area contributed by atoms with E-state index in [-0.39, 0.29) is 18.3 Å². The number of primary amides is 1. The molecule has 1 rings (SSSR count). The minimum absolute atomic E-state index is 0.105. The topological polar surface area (TPSA) is 55.1 Å². The Morgan fingerprint density at radius 1 is 1.44 bits per heavy atom. The minimum Gasteiger partial charge on any atom is -0.369 e. The van der Waals surface area contributed by atoms with Crippen LogP contribution < -0.4 is 11.1 Å². The van der Waals surface area contributed by atoms with E-state index in [4.69, 9.17) is 5.73 Å². The molecule has 0 aliphatic heterocycles. The van der Waals surface area contributed by atoms with Crippen molar-refractivity contribution in [1.82, 2.24) is 5.32 Å². The van der Waals surface area contributed by atoms with E-state index in [1.807, 2.05) is 19.9 Å². The van der Waals surface area contributed by atoms with E-state index >= 15 is 0 Å². The molecule has 3 N–H and O–H groups in total. The molecule has 0 aromatic heterocycles. The standard InChI is InChI=1S/C12H17FN2O/c1-8(2)10-3-9(4-11(13)5-10)6-15-7-12(14)16/h3-5,8,15H,6-7H2,1-2H3,(H2,14,16). The van der Waals surface area contributed by atoms with E-state index in [0.29, 0.717) is 6.54 Å². The summed E-state index contributed by atoms with van der Waals surface area (Å²) in [6.07, 6.45) is 0. The highest BCUT2D eigenvalue weighted by Gasteiger charge is 2.04. The van der Waals surface area contributed by atoms with Crippen LogP contribution in [0.3, 0.4) is 0 Å². The van der Waals surface area contributed by atoms with Gasteiger partial charge in [-0.2, -0.15) is 0 Å². The van der Waals surface area contributed by atoms with Gasteiger partial charge in [0.25, 0.3) is 0 Å². The summed E-state index contributed by atoms with van der Waals surface area (Å²) in [6, 6.07) is 4.92. The number of carbonyl (C=O) groups is 1. The Hall–Kier alpha value is -1.42. The summed E-state index contributed by atoms with van der Waals surface area (Å²) in [5.74, 6) is -0.381. The summed E-state index contributed by atoms with van der Waals surface area (Å²) in [5.41, 5.74) is 6.77. The van der Waals surface area contributed by atoms with Gasteiger partial charge in [0.05, 0.1) is 6.54 Å². The van der Waals surface area contributed by atoms with E-state index < -0.39 is 5.91 Å². The first kappa shape index (κ1) is 12.6. The molecule has 0 fully saturated rings. The zero-order chi connectivity index (χ0) is 12.1. The Kier molecular flexibility index (Phi) is 4.43. The van der Waals surface area contributed by atoms with Gasteiger partial charge >= 0.3 is 0 Å². The van der Waals surface area contributed by atoms with E-state index in [0.717, 1.165) is 11.1 Å². The fourth-order valence-corrected chi connectivity index (χ4v) is 1.44. The quantitative estimate of drug-likeness (QED) is 0.796. The van der Waals surface area contributed by atoms with Gasteiger partial charge in [0.2, 0.25) is 5.91 Å². The van der Waals surface area contributed by atoms with Gasteiger partial charge in [0, 0.05) is 6.54 Å². The number of amides is 1. The number of benzene rings is 1. The Morgan fingerprint density at radius 2 is 2.12 bits per heavy atom. The first-order valence-corrected chi connectivity index (χ1v) is 5.27. The van der Waals surface area contributed by atoms with E-state index in [2.05, 4.69) is 5.32 Å². The molecule has 0 saturated heterocycles. The van der Waals surface area contributed by atoms with E-state index in [9.17, 15) is 9.18 Å². The van der Waals surface area contributed by atoms with Crippen LogP contribution in [0.2, 0.25) is 0 Å². The fourth-order valence-electron chi connectivity index (χ4n) is 1.44. The molecule has 4 heteroatoms. The Morgan fingerprint density at radius 3 is 2.69 bits per heavy atom. The number of rotatable bonds is 5. The van der Waals surface area contributed by atoms with Crippen LogP contribution in [0.25, 0.3) is 0 Å². The lowest BCUT2D eigenvalue weighted by Crippen LogP contribution is -2.28. The van der Waals surface area contributed by atoms with Crippen molar-refractivity contribution in [2.75, 3.05) is 6.54 Å². The molecule has 88 valence electrons. The fraction of sp³-hybridized carbons (Fsp3) is 0.417. The monoisotopic (exact) mass is 224 g/mol. The van der Waals surface area contributed by atoms with Gasteiger partial charge < -0.3 is 11.1 Å². The van der Waals surface area contributed by atoms with Crippen LogP contribution in [0, 0.1) is 5.82 Å². The van der Waals surface area contributed by atoms with Gasteiger partial charge in [-0.3, -0.25) is 4.79 Å². The third-order valence-electron chi connectivity index (χ3n) is 2.27. The van der Waals surface area contributed by atoms with Crippen LogP contribution in [0.15, 0.2) is 18.2 Å². The van der Waals surface area contributed by atoms with E-state index in [1.54, 1.807) is 0 Å². The predicted molar refractivity (Wildman–Crippen MR) is 61.4 cm³/mol. The van der Waals surface area contributed by atoms with Crippen LogP contribution >= 0.6 is 0 Å². The zero-order valence-corrected chi connectivity index (χ0v) is 9.59. The van der Waals surface area contributed by atoms with Crippen LogP contribution in [-0.2, 0) is 11.3 Å². The predicted octanol–water partition coefficient (Wildman–Crippen LogP) is 1.52. The number of nitrogens with one attached hydrogen (secondary N) is 1. The van der Waals surface area contributed by atoms with Crippen LogP contribution in [0.4, 0.5) is 4.39 Å². The Balaban J connectivity index is 2.69. The van der Waals surface area contributed by atoms with Crippen molar-refractivity contribution in [2.45, 2.75) is 26.3 Å². The highest BCUT2D eigenvalue weighted by molar-refractivity contribution is 5.75. The maximum atomic E-state index is 13.3. The molecular formula is C12H17FN2O. The highest BCUT2D eigenvalue weighted by Crippen LogP contribution is 2.17. The number of halogens is 1. The van der Waals surface area contributed by atoms with Crippen LogP contribution in [0.5, 0.6) is 0 Å². The maximum Gasteiger partial charge on any atom is 0.231 e. The normalized spacial score (nSPS) is 10.8. The minimum atomic E-state index is -0.416. The van der Waals surface area contributed by atoms with Gasteiger partial charge in [-0.15, -0.1) is 0 Å². The maximum absolute atomic E-state index is 13.3. The number of carbonyl (C=O) groups excluding carboxylic acids is 1. The first-order valence-electron chi connectivity index (χ1n) is 5.27. The molecule has 0 bridgehead atoms. The molecular weight excluding hydrogens is 207 g/mol. The Bertz CT molecular complexity index is 377. The molecule has 3 nitrogen and oxygen atoms in total.